The molecule has 3 atom stereocenters. The van der Waals surface area contributed by atoms with Gasteiger partial charge in [0.15, 0.2) is 0 Å². The van der Waals surface area contributed by atoms with E-state index < -0.39 is 30.1 Å². The first kappa shape index (κ1) is 16.8. The average molecular weight is 263 g/mol. The van der Waals surface area contributed by atoms with Crippen molar-refractivity contribution in [2.45, 2.75) is 44.4 Å². The Bertz CT molecular complexity index is 272. The highest BCUT2D eigenvalue weighted by atomic mass is 16.4. The predicted molar refractivity (Wildman–Crippen MR) is 63.7 cm³/mol. The molecule has 0 bridgehead atoms. The first-order valence-corrected chi connectivity index (χ1v) is 5.75. The van der Waals surface area contributed by atoms with Crippen LogP contribution in [0.1, 0.15) is 26.2 Å². The number of nitrogens with two attached hydrogens (primary N) is 1. The standard InChI is InChI=1S/C10H21N3O5/c1-6(14)8(10(17)18)13-12-7(9(15)16)4-2-3-5-11/h6-8,12-14H,2-5,11H2,1H3,(H,15,16)(H,17,18)/t6-,7+,8+/m1/s1. The van der Waals surface area contributed by atoms with E-state index in [9.17, 15) is 14.7 Å². The minimum absolute atomic E-state index is 0.325. The third-order valence-electron chi connectivity index (χ3n) is 2.41. The van der Waals surface area contributed by atoms with Gasteiger partial charge in [-0.05, 0) is 32.7 Å². The van der Waals surface area contributed by atoms with Gasteiger partial charge in [-0.25, -0.2) is 10.9 Å². The van der Waals surface area contributed by atoms with Crippen LogP contribution in [0.2, 0.25) is 0 Å². The van der Waals surface area contributed by atoms with Crippen LogP contribution in [-0.4, -0.2) is 52.0 Å². The largest absolute Gasteiger partial charge is 0.480 e. The number of carboxylic acids is 2. The van der Waals surface area contributed by atoms with Gasteiger partial charge in [-0.3, -0.25) is 9.59 Å². The molecule has 0 aliphatic rings. The number of rotatable bonds is 10. The highest BCUT2D eigenvalue weighted by Crippen LogP contribution is 2.00. The lowest BCUT2D eigenvalue weighted by molar-refractivity contribution is -0.145. The van der Waals surface area contributed by atoms with E-state index >= 15 is 0 Å². The maximum Gasteiger partial charge on any atom is 0.324 e. The van der Waals surface area contributed by atoms with Crippen molar-refractivity contribution in [3.63, 3.8) is 0 Å². The summed E-state index contributed by atoms with van der Waals surface area (Å²) in [5.74, 6) is -2.35. The van der Waals surface area contributed by atoms with E-state index in [2.05, 4.69) is 10.9 Å². The Morgan fingerprint density at radius 1 is 1.17 bits per heavy atom. The van der Waals surface area contributed by atoms with Gasteiger partial charge in [-0.2, -0.15) is 0 Å². The summed E-state index contributed by atoms with van der Waals surface area (Å²) in [6.07, 6.45) is 0.498. The second-order valence-electron chi connectivity index (χ2n) is 4.02. The van der Waals surface area contributed by atoms with Crippen LogP contribution >= 0.6 is 0 Å². The first-order valence-electron chi connectivity index (χ1n) is 5.75. The van der Waals surface area contributed by atoms with Gasteiger partial charge < -0.3 is 21.1 Å². The SMILES string of the molecule is C[C@@H](O)[C@H](NN[C@@H](CCCCN)C(=O)O)C(=O)O. The highest BCUT2D eigenvalue weighted by Gasteiger charge is 2.25. The van der Waals surface area contributed by atoms with Gasteiger partial charge in [0, 0.05) is 0 Å². The summed E-state index contributed by atoms with van der Waals surface area (Å²) in [4.78, 5) is 21.7. The molecular formula is C10H21N3O5. The number of aliphatic carboxylic acids is 2. The molecule has 0 saturated carbocycles. The molecule has 0 aromatic rings. The topological polar surface area (TPSA) is 145 Å². The Labute approximate surface area is 105 Å². The zero-order valence-corrected chi connectivity index (χ0v) is 10.3. The van der Waals surface area contributed by atoms with E-state index in [1.54, 1.807) is 0 Å². The lowest BCUT2D eigenvalue weighted by Crippen LogP contribution is -2.56. The molecule has 0 aromatic heterocycles. The fourth-order valence-electron chi connectivity index (χ4n) is 1.33. The number of aliphatic hydroxyl groups excluding tert-OH is 1. The molecular weight excluding hydrogens is 242 g/mol. The van der Waals surface area contributed by atoms with Crippen LogP contribution in [0, 0.1) is 0 Å². The van der Waals surface area contributed by atoms with Gasteiger partial charge in [-0.1, -0.05) is 0 Å². The third-order valence-corrected chi connectivity index (χ3v) is 2.41. The Kier molecular flexibility index (Phi) is 8.21. The lowest BCUT2D eigenvalue weighted by atomic mass is 10.1. The van der Waals surface area contributed by atoms with Gasteiger partial charge >= 0.3 is 11.9 Å². The molecule has 0 unspecified atom stereocenters. The second-order valence-corrected chi connectivity index (χ2v) is 4.02. The number of hydrogen-bond donors (Lipinski definition) is 6. The summed E-state index contributed by atoms with van der Waals surface area (Å²) in [6.45, 7) is 1.78. The maximum absolute atomic E-state index is 10.9. The zero-order valence-electron chi connectivity index (χ0n) is 10.3. The van der Waals surface area contributed by atoms with Gasteiger partial charge in [0.05, 0.1) is 6.10 Å². The molecule has 0 aromatic carbocycles. The van der Waals surface area contributed by atoms with Crippen molar-refractivity contribution in [2.75, 3.05) is 6.54 Å². The minimum Gasteiger partial charge on any atom is -0.480 e. The smallest absolute Gasteiger partial charge is 0.324 e. The van der Waals surface area contributed by atoms with Gasteiger partial charge in [0.1, 0.15) is 12.1 Å². The van der Waals surface area contributed by atoms with E-state index in [1.807, 2.05) is 0 Å². The molecule has 8 nitrogen and oxygen atoms in total. The van der Waals surface area contributed by atoms with Crippen molar-refractivity contribution in [1.29, 1.82) is 0 Å². The van der Waals surface area contributed by atoms with E-state index in [0.29, 0.717) is 25.8 Å². The van der Waals surface area contributed by atoms with E-state index in [1.165, 1.54) is 6.92 Å². The fourth-order valence-corrected chi connectivity index (χ4v) is 1.33. The monoisotopic (exact) mass is 263 g/mol. The van der Waals surface area contributed by atoms with Gasteiger partial charge in [-0.15, -0.1) is 0 Å². The molecule has 8 heteroatoms. The first-order chi connectivity index (χ1) is 8.40. The van der Waals surface area contributed by atoms with Crippen molar-refractivity contribution < 1.29 is 24.9 Å². The number of hydrazine groups is 1. The summed E-state index contributed by atoms with van der Waals surface area (Å²) >= 11 is 0. The molecule has 0 rings (SSSR count). The van der Waals surface area contributed by atoms with Crippen LogP contribution in [0.3, 0.4) is 0 Å². The van der Waals surface area contributed by atoms with Crippen molar-refractivity contribution in [3.8, 4) is 0 Å². The Balaban J connectivity index is 4.24. The van der Waals surface area contributed by atoms with Gasteiger partial charge in [0.2, 0.25) is 0 Å². The van der Waals surface area contributed by atoms with Crippen LogP contribution in [0.15, 0.2) is 0 Å². The minimum atomic E-state index is -1.26. The maximum atomic E-state index is 10.9. The Hall–Kier alpha value is -1.22. The van der Waals surface area contributed by atoms with E-state index in [-0.39, 0.29) is 0 Å². The van der Waals surface area contributed by atoms with Crippen LogP contribution in [-0.2, 0) is 9.59 Å². The normalized spacial score (nSPS) is 15.9. The van der Waals surface area contributed by atoms with Crippen molar-refractivity contribution in [3.05, 3.63) is 0 Å². The summed E-state index contributed by atoms with van der Waals surface area (Å²) in [5.41, 5.74) is 10.0. The summed E-state index contributed by atoms with van der Waals surface area (Å²) in [7, 11) is 0. The van der Waals surface area contributed by atoms with E-state index in [4.69, 9.17) is 15.9 Å². The van der Waals surface area contributed by atoms with Crippen LogP contribution in [0.25, 0.3) is 0 Å². The van der Waals surface area contributed by atoms with Crippen LogP contribution in [0.5, 0.6) is 0 Å². The molecule has 0 aliphatic heterocycles. The van der Waals surface area contributed by atoms with Crippen molar-refractivity contribution in [1.82, 2.24) is 10.9 Å². The fraction of sp³-hybridized carbons (Fsp3) is 0.800. The number of unbranched alkanes of at least 4 members (excludes halogenated alkanes) is 1. The third kappa shape index (κ3) is 6.50. The second kappa shape index (κ2) is 8.81. The average Bonchev–Trinajstić information content (AvgIpc) is 2.25. The number of carboxylic acid groups (broad SMARTS) is 2. The molecule has 0 aliphatic carbocycles. The molecule has 0 saturated heterocycles. The summed E-state index contributed by atoms with van der Waals surface area (Å²) < 4.78 is 0. The van der Waals surface area contributed by atoms with Gasteiger partial charge in [0.25, 0.3) is 0 Å². The molecule has 0 heterocycles. The van der Waals surface area contributed by atoms with Crippen molar-refractivity contribution >= 4 is 11.9 Å². The van der Waals surface area contributed by atoms with Crippen molar-refractivity contribution in [2.24, 2.45) is 5.73 Å². The molecule has 0 fully saturated rings. The highest BCUT2D eigenvalue weighted by molar-refractivity contribution is 5.75. The number of carbonyl (C=O) groups is 2. The van der Waals surface area contributed by atoms with Crippen LogP contribution in [0.4, 0.5) is 0 Å². The molecule has 7 N–H and O–H groups in total. The summed E-state index contributed by atoms with van der Waals surface area (Å²) in [6, 6.07) is -2.18. The molecule has 0 spiro atoms. The molecule has 0 radical (unpaired) electrons. The lowest BCUT2D eigenvalue weighted by Gasteiger charge is -2.21. The molecule has 0 amide bonds. The number of aliphatic hydroxyl groups is 1. The quantitative estimate of drug-likeness (QED) is 0.206. The Morgan fingerprint density at radius 3 is 2.17 bits per heavy atom. The van der Waals surface area contributed by atoms with E-state index in [0.717, 1.165) is 0 Å². The number of nitrogens with one attached hydrogen (secondary N) is 2. The zero-order chi connectivity index (χ0) is 14.1. The molecule has 18 heavy (non-hydrogen) atoms. The molecule has 106 valence electrons. The predicted octanol–water partition coefficient (Wildman–Crippen LogP) is -1.50. The number of hydrogen-bond acceptors (Lipinski definition) is 6. The van der Waals surface area contributed by atoms with Crippen LogP contribution < -0.4 is 16.6 Å². The summed E-state index contributed by atoms with van der Waals surface area (Å²) in [5, 5.41) is 26.9. The Morgan fingerprint density at radius 2 is 1.78 bits per heavy atom.